The zero-order valence-electron chi connectivity index (χ0n) is 5.76. The zero-order valence-corrected chi connectivity index (χ0v) is 5.76. The highest BCUT2D eigenvalue weighted by molar-refractivity contribution is 5.73. The van der Waals surface area contributed by atoms with Gasteiger partial charge in [-0.15, -0.1) is 0 Å². The molecule has 0 aliphatic carbocycles. The molecule has 0 aromatic carbocycles. The Morgan fingerprint density at radius 3 is 2.56 bits per heavy atom. The monoisotopic (exact) mass is 130 g/mol. The summed E-state index contributed by atoms with van der Waals surface area (Å²) in [5.74, 6) is -0.240. The van der Waals surface area contributed by atoms with E-state index in [0.29, 0.717) is 6.42 Å². The topological polar surface area (TPSA) is 69.1 Å². The molecule has 0 unspecified atom stereocenters. The average molecular weight is 130 g/mol. The molecule has 0 saturated heterocycles. The Kier molecular flexibility index (Phi) is 4.05. The van der Waals surface area contributed by atoms with Crippen LogP contribution in [0, 0.1) is 0 Å². The first kappa shape index (κ1) is 8.43. The first-order chi connectivity index (χ1) is 4.13. The molecule has 9 heavy (non-hydrogen) atoms. The fraction of sp³-hybridized carbons (Fsp3) is 0.833. The molecule has 3 heteroatoms. The van der Waals surface area contributed by atoms with Gasteiger partial charge in [-0.3, -0.25) is 4.79 Å². The van der Waals surface area contributed by atoms with Crippen LogP contribution in [0.2, 0.25) is 0 Å². The summed E-state index contributed by atoms with van der Waals surface area (Å²) in [4.78, 5) is 10.2. The molecule has 0 saturated carbocycles. The van der Waals surface area contributed by atoms with E-state index in [-0.39, 0.29) is 11.9 Å². The van der Waals surface area contributed by atoms with Crippen LogP contribution in [0.3, 0.4) is 0 Å². The van der Waals surface area contributed by atoms with Gasteiger partial charge in [-0.25, -0.2) is 0 Å². The van der Waals surface area contributed by atoms with Crippen molar-refractivity contribution in [3.63, 3.8) is 0 Å². The van der Waals surface area contributed by atoms with Crippen molar-refractivity contribution in [2.24, 2.45) is 11.5 Å². The first-order valence-corrected chi connectivity index (χ1v) is 3.17. The summed E-state index contributed by atoms with van der Waals surface area (Å²) >= 11 is 0. The van der Waals surface area contributed by atoms with Gasteiger partial charge in [0.05, 0.1) is 0 Å². The second kappa shape index (κ2) is 4.32. The number of hydrogen-bond donors (Lipinski definition) is 2. The minimum atomic E-state index is -0.240. The molecule has 0 aromatic heterocycles. The first-order valence-electron chi connectivity index (χ1n) is 3.17. The number of carbonyl (C=O) groups is 1. The maximum Gasteiger partial charge on any atom is 0.217 e. The van der Waals surface area contributed by atoms with Crippen molar-refractivity contribution < 1.29 is 4.79 Å². The SMILES string of the molecule is C[C@@H](N)CCCC(N)=O. The number of rotatable bonds is 4. The van der Waals surface area contributed by atoms with Crippen molar-refractivity contribution in [2.75, 3.05) is 0 Å². The van der Waals surface area contributed by atoms with Crippen molar-refractivity contribution in [3.05, 3.63) is 0 Å². The lowest BCUT2D eigenvalue weighted by Crippen LogP contribution is -2.16. The maximum atomic E-state index is 10.2. The maximum absolute atomic E-state index is 10.2. The fourth-order valence-electron chi connectivity index (χ4n) is 0.598. The predicted molar refractivity (Wildman–Crippen MR) is 36.7 cm³/mol. The van der Waals surface area contributed by atoms with Crippen LogP contribution in [0.4, 0.5) is 0 Å². The highest BCUT2D eigenvalue weighted by Crippen LogP contribution is 1.96. The van der Waals surface area contributed by atoms with E-state index in [4.69, 9.17) is 11.5 Å². The predicted octanol–water partition coefficient (Wildman–Crippen LogP) is -0.0108. The minimum absolute atomic E-state index is 0.185. The van der Waals surface area contributed by atoms with Crippen molar-refractivity contribution >= 4 is 5.91 Å². The summed E-state index contributed by atoms with van der Waals surface area (Å²) in [5.41, 5.74) is 10.3. The van der Waals surface area contributed by atoms with Gasteiger partial charge in [0.25, 0.3) is 0 Å². The highest BCUT2D eigenvalue weighted by atomic mass is 16.1. The molecule has 0 heterocycles. The van der Waals surface area contributed by atoms with Crippen LogP contribution in [0.25, 0.3) is 0 Å². The van der Waals surface area contributed by atoms with Gasteiger partial charge in [0, 0.05) is 12.5 Å². The molecule has 54 valence electrons. The largest absolute Gasteiger partial charge is 0.370 e. The quantitative estimate of drug-likeness (QED) is 0.562. The molecule has 0 aliphatic heterocycles. The van der Waals surface area contributed by atoms with Crippen LogP contribution in [0.5, 0.6) is 0 Å². The summed E-state index contributed by atoms with van der Waals surface area (Å²) in [5, 5.41) is 0. The lowest BCUT2D eigenvalue weighted by molar-refractivity contribution is -0.118. The van der Waals surface area contributed by atoms with Crippen molar-refractivity contribution in [1.29, 1.82) is 0 Å². The van der Waals surface area contributed by atoms with E-state index < -0.39 is 0 Å². The summed E-state index contributed by atoms with van der Waals surface area (Å²) in [6.07, 6.45) is 2.15. The Hall–Kier alpha value is -0.570. The molecule has 0 aliphatic rings. The van der Waals surface area contributed by atoms with Gasteiger partial charge in [0.2, 0.25) is 5.91 Å². The van der Waals surface area contributed by atoms with Crippen molar-refractivity contribution in [2.45, 2.75) is 32.2 Å². The number of primary amides is 1. The Balaban J connectivity index is 3.01. The van der Waals surface area contributed by atoms with Crippen LogP contribution in [-0.4, -0.2) is 11.9 Å². The molecular weight excluding hydrogens is 116 g/mol. The Morgan fingerprint density at radius 2 is 2.22 bits per heavy atom. The summed E-state index contributed by atoms with van der Waals surface area (Å²) in [6, 6.07) is 0.185. The van der Waals surface area contributed by atoms with E-state index in [9.17, 15) is 4.79 Å². The van der Waals surface area contributed by atoms with Crippen LogP contribution in [0.1, 0.15) is 26.2 Å². The number of amides is 1. The summed E-state index contributed by atoms with van der Waals surface area (Å²) in [7, 11) is 0. The Bertz CT molecular complexity index is 91.1. The molecule has 3 nitrogen and oxygen atoms in total. The number of hydrogen-bond acceptors (Lipinski definition) is 2. The van der Waals surface area contributed by atoms with Crippen molar-refractivity contribution in [3.8, 4) is 0 Å². The van der Waals surface area contributed by atoms with Gasteiger partial charge in [0.1, 0.15) is 0 Å². The Morgan fingerprint density at radius 1 is 1.67 bits per heavy atom. The fourth-order valence-corrected chi connectivity index (χ4v) is 0.598. The second-order valence-corrected chi connectivity index (χ2v) is 2.34. The van der Waals surface area contributed by atoms with E-state index in [2.05, 4.69) is 0 Å². The summed E-state index contributed by atoms with van der Waals surface area (Å²) < 4.78 is 0. The second-order valence-electron chi connectivity index (χ2n) is 2.34. The lowest BCUT2D eigenvalue weighted by Gasteiger charge is -2.00. The highest BCUT2D eigenvalue weighted by Gasteiger charge is 1.96. The van der Waals surface area contributed by atoms with Gasteiger partial charge >= 0.3 is 0 Å². The molecule has 1 amide bonds. The van der Waals surface area contributed by atoms with E-state index in [1.165, 1.54) is 0 Å². The number of nitrogens with two attached hydrogens (primary N) is 2. The van der Waals surface area contributed by atoms with Crippen molar-refractivity contribution in [1.82, 2.24) is 0 Å². The van der Waals surface area contributed by atoms with E-state index in [0.717, 1.165) is 12.8 Å². The van der Waals surface area contributed by atoms with Gasteiger partial charge < -0.3 is 11.5 Å². The third kappa shape index (κ3) is 7.43. The van der Waals surface area contributed by atoms with E-state index >= 15 is 0 Å². The molecule has 4 N–H and O–H groups in total. The molecule has 1 atom stereocenters. The van der Waals surface area contributed by atoms with Crippen LogP contribution < -0.4 is 11.5 Å². The van der Waals surface area contributed by atoms with Gasteiger partial charge in [-0.2, -0.15) is 0 Å². The Labute approximate surface area is 55.4 Å². The molecule has 0 aromatic rings. The van der Waals surface area contributed by atoms with Crippen LogP contribution in [-0.2, 0) is 4.79 Å². The molecule has 0 radical (unpaired) electrons. The normalized spacial score (nSPS) is 13.1. The third-order valence-electron chi connectivity index (χ3n) is 1.08. The van der Waals surface area contributed by atoms with Crippen LogP contribution >= 0.6 is 0 Å². The smallest absolute Gasteiger partial charge is 0.217 e. The van der Waals surface area contributed by atoms with E-state index in [1.807, 2.05) is 6.92 Å². The molecule has 0 spiro atoms. The van der Waals surface area contributed by atoms with Crippen LogP contribution in [0.15, 0.2) is 0 Å². The molecule has 0 rings (SSSR count). The number of carbonyl (C=O) groups excluding carboxylic acids is 1. The standard InChI is InChI=1S/C6H14N2O/c1-5(7)3-2-4-6(8)9/h5H,2-4,7H2,1H3,(H2,8,9)/t5-/m1/s1. The lowest BCUT2D eigenvalue weighted by atomic mass is 10.1. The molecule has 0 bridgehead atoms. The van der Waals surface area contributed by atoms with Gasteiger partial charge in [-0.1, -0.05) is 0 Å². The summed E-state index contributed by atoms with van der Waals surface area (Å²) in [6.45, 7) is 1.92. The molecular formula is C6H14N2O. The third-order valence-corrected chi connectivity index (χ3v) is 1.08. The average Bonchev–Trinajstić information content (AvgIpc) is 1.63. The molecule has 0 fully saturated rings. The van der Waals surface area contributed by atoms with Gasteiger partial charge in [-0.05, 0) is 19.8 Å². The zero-order chi connectivity index (χ0) is 7.28. The van der Waals surface area contributed by atoms with E-state index in [1.54, 1.807) is 0 Å². The minimum Gasteiger partial charge on any atom is -0.370 e. The van der Waals surface area contributed by atoms with Gasteiger partial charge in [0.15, 0.2) is 0 Å².